The largest absolute Gasteiger partial charge is 0.492 e. The Morgan fingerprint density at radius 1 is 1.19 bits per heavy atom. The quantitative estimate of drug-likeness (QED) is 0.659. The molecule has 0 aliphatic rings. The molecule has 110 valence electrons. The predicted molar refractivity (Wildman–Crippen MR) is 83.3 cm³/mol. The van der Waals surface area contributed by atoms with Crippen molar-refractivity contribution in [2.45, 2.75) is 13.8 Å². The first-order chi connectivity index (χ1) is 10.1. The first kappa shape index (κ1) is 15.3. The topological polar surface area (TPSA) is 55.4 Å². The summed E-state index contributed by atoms with van der Waals surface area (Å²) in [4.78, 5) is 24.2. The molecule has 4 nitrogen and oxygen atoms in total. The van der Waals surface area contributed by atoms with Gasteiger partial charge >= 0.3 is 0 Å². The second-order valence-electron chi connectivity index (χ2n) is 4.64. The van der Waals surface area contributed by atoms with Crippen molar-refractivity contribution in [3.05, 3.63) is 51.7 Å². The van der Waals surface area contributed by atoms with Crippen molar-refractivity contribution in [1.82, 2.24) is 5.32 Å². The summed E-state index contributed by atoms with van der Waals surface area (Å²) < 4.78 is 5.55. The average molecular weight is 303 g/mol. The molecule has 0 atom stereocenters. The number of nitrogens with one attached hydrogen (secondary N) is 1. The van der Waals surface area contributed by atoms with Crippen molar-refractivity contribution in [2.24, 2.45) is 0 Å². The van der Waals surface area contributed by atoms with E-state index < -0.39 is 0 Å². The van der Waals surface area contributed by atoms with Crippen LogP contribution in [0.3, 0.4) is 0 Å². The highest BCUT2D eigenvalue weighted by Crippen LogP contribution is 2.16. The van der Waals surface area contributed by atoms with Crippen LogP contribution in [-0.2, 0) is 0 Å². The van der Waals surface area contributed by atoms with Gasteiger partial charge in [-0.25, -0.2) is 0 Å². The highest BCUT2D eigenvalue weighted by molar-refractivity contribution is 7.15. The molecule has 2 rings (SSSR count). The number of amides is 1. The summed E-state index contributed by atoms with van der Waals surface area (Å²) in [5, 5.41) is 2.77. The molecule has 21 heavy (non-hydrogen) atoms. The number of hydrogen-bond acceptors (Lipinski definition) is 4. The number of benzene rings is 1. The fourth-order valence-corrected chi connectivity index (χ4v) is 2.59. The SMILES string of the molecule is CC(=O)c1ccc(C(=O)NCCOc2cccc(C)c2)s1. The van der Waals surface area contributed by atoms with Gasteiger partial charge in [-0.1, -0.05) is 12.1 Å². The van der Waals surface area contributed by atoms with Gasteiger partial charge in [0, 0.05) is 0 Å². The van der Waals surface area contributed by atoms with Gasteiger partial charge in [0.1, 0.15) is 12.4 Å². The Hall–Kier alpha value is -2.14. The van der Waals surface area contributed by atoms with Crippen molar-refractivity contribution >= 4 is 23.0 Å². The first-order valence-corrected chi connectivity index (χ1v) is 7.46. The minimum Gasteiger partial charge on any atom is -0.492 e. The first-order valence-electron chi connectivity index (χ1n) is 6.64. The molecule has 1 heterocycles. The molecule has 0 aliphatic heterocycles. The van der Waals surface area contributed by atoms with Crippen LogP contribution in [0, 0.1) is 6.92 Å². The van der Waals surface area contributed by atoms with Crippen LogP contribution in [0.4, 0.5) is 0 Å². The number of ether oxygens (including phenoxy) is 1. The fraction of sp³-hybridized carbons (Fsp3) is 0.250. The Kier molecular flexibility index (Phi) is 5.11. The Morgan fingerprint density at radius 3 is 2.62 bits per heavy atom. The van der Waals surface area contributed by atoms with Crippen LogP contribution < -0.4 is 10.1 Å². The molecule has 0 bridgehead atoms. The number of carbonyl (C=O) groups excluding carboxylic acids is 2. The van der Waals surface area contributed by atoms with E-state index in [1.807, 2.05) is 31.2 Å². The maximum atomic E-state index is 11.9. The summed E-state index contributed by atoms with van der Waals surface area (Å²) in [6.07, 6.45) is 0. The number of carbonyl (C=O) groups is 2. The summed E-state index contributed by atoms with van der Waals surface area (Å²) in [6, 6.07) is 11.1. The minimum absolute atomic E-state index is 0.0261. The maximum absolute atomic E-state index is 11.9. The number of ketones is 1. The van der Waals surface area contributed by atoms with Gasteiger partial charge in [0.05, 0.1) is 16.3 Å². The molecule has 1 aromatic heterocycles. The van der Waals surface area contributed by atoms with Crippen LogP contribution in [0.5, 0.6) is 5.75 Å². The smallest absolute Gasteiger partial charge is 0.261 e. The summed E-state index contributed by atoms with van der Waals surface area (Å²) in [7, 11) is 0. The number of thiophene rings is 1. The van der Waals surface area contributed by atoms with Crippen molar-refractivity contribution in [3.63, 3.8) is 0 Å². The minimum atomic E-state index is -0.180. The van der Waals surface area contributed by atoms with Crippen molar-refractivity contribution in [2.75, 3.05) is 13.2 Å². The highest BCUT2D eigenvalue weighted by Gasteiger charge is 2.10. The second kappa shape index (κ2) is 7.04. The molecule has 1 N–H and O–H groups in total. The lowest BCUT2D eigenvalue weighted by atomic mass is 10.2. The van der Waals surface area contributed by atoms with Gasteiger partial charge in [-0.15, -0.1) is 11.3 Å². The molecule has 1 amide bonds. The van der Waals surface area contributed by atoms with E-state index in [4.69, 9.17) is 4.74 Å². The zero-order valence-corrected chi connectivity index (χ0v) is 12.8. The lowest BCUT2D eigenvalue weighted by Crippen LogP contribution is -2.27. The number of Topliss-reactive ketones (excluding diaryl/α,β-unsaturated/α-hetero) is 1. The van der Waals surface area contributed by atoms with Crippen LogP contribution >= 0.6 is 11.3 Å². The molecular formula is C16H17NO3S. The fourth-order valence-electron chi connectivity index (χ4n) is 1.77. The van der Waals surface area contributed by atoms with E-state index in [1.54, 1.807) is 12.1 Å². The van der Waals surface area contributed by atoms with Gasteiger partial charge in [-0.3, -0.25) is 9.59 Å². The zero-order valence-electron chi connectivity index (χ0n) is 12.0. The van der Waals surface area contributed by atoms with E-state index in [9.17, 15) is 9.59 Å². The van der Waals surface area contributed by atoms with E-state index >= 15 is 0 Å². The molecule has 0 spiro atoms. The van der Waals surface area contributed by atoms with Crippen molar-refractivity contribution in [1.29, 1.82) is 0 Å². The maximum Gasteiger partial charge on any atom is 0.261 e. The molecule has 1 aromatic carbocycles. The van der Waals surface area contributed by atoms with Crippen LogP contribution in [-0.4, -0.2) is 24.8 Å². The molecule has 0 saturated carbocycles. The van der Waals surface area contributed by atoms with Crippen LogP contribution in [0.1, 0.15) is 31.8 Å². The van der Waals surface area contributed by atoms with Gasteiger partial charge in [0.15, 0.2) is 5.78 Å². The lowest BCUT2D eigenvalue weighted by Gasteiger charge is -2.07. The Labute approximate surface area is 127 Å². The van der Waals surface area contributed by atoms with Crippen molar-refractivity contribution in [3.8, 4) is 5.75 Å². The number of rotatable bonds is 6. The summed E-state index contributed by atoms with van der Waals surface area (Å²) >= 11 is 1.20. The van der Waals surface area contributed by atoms with Crippen LogP contribution in [0.25, 0.3) is 0 Å². The highest BCUT2D eigenvalue weighted by atomic mass is 32.1. The third-order valence-electron chi connectivity index (χ3n) is 2.82. The monoisotopic (exact) mass is 303 g/mol. The molecule has 0 radical (unpaired) electrons. The van der Waals surface area contributed by atoms with E-state index in [1.165, 1.54) is 18.3 Å². The third kappa shape index (κ3) is 4.43. The summed E-state index contributed by atoms with van der Waals surface area (Å²) in [6.45, 7) is 4.31. The average Bonchev–Trinajstić information content (AvgIpc) is 2.93. The molecule has 0 saturated heterocycles. The molecule has 2 aromatic rings. The predicted octanol–water partition coefficient (Wildman–Crippen LogP) is 3.07. The van der Waals surface area contributed by atoms with Crippen LogP contribution in [0.15, 0.2) is 36.4 Å². The Balaban J connectivity index is 1.77. The van der Waals surface area contributed by atoms with E-state index in [2.05, 4.69) is 5.32 Å². The molecule has 0 fully saturated rings. The molecule has 5 heteroatoms. The number of aryl methyl sites for hydroxylation is 1. The van der Waals surface area contributed by atoms with E-state index in [0.29, 0.717) is 22.9 Å². The molecule has 0 aliphatic carbocycles. The lowest BCUT2D eigenvalue weighted by molar-refractivity contribution is 0.0950. The molecule has 0 unspecified atom stereocenters. The van der Waals surface area contributed by atoms with Crippen molar-refractivity contribution < 1.29 is 14.3 Å². The number of hydrogen-bond donors (Lipinski definition) is 1. The second-order valence-corrected chi connectivity index (χ2v) is 5.72. The molecular weight excluding hydrogens is 286 g/mol. The zero-order chi connectivity index (χ0) is 15.2. The Bertz CT molecular complexity index is 648. The Morgan fingerprint density at radius 2 is 1.95 bits per heavy atom. The summed E-state index contributed by atoms with van der Waals surface area (Å²) in [5.41, 5.74) is 1.13. The van der Waals surface area contributed by atoms with Gasteiger partial charge in [0.2, 0.25) is 0 Å². The van der Waals surface area contributed by atoms with Crippen LogP contribution in [0.2, 0.25) is 0 Å². The van der Waals surface area contributed by atoms with Gasteiger partial charge in [-0.2, -0.15) is 0 Å². The normalized spacial score (nSPS) is 10.2. The summed E-state index contributed by atoms with van der Waals surface area (Å²) in [5.74, 6) is 0.585. The van der Waals surface area contributed by atoms with Gasteiger partial charge in [-0.05, 0) is 43.7 Å². The van der Waals surface area contributed by atoms with Gasteiger partial charge in [0.25, 0.3) is 5.91 Å². The third-order valence-corrected chi connectivity index (χ3v) is 4.01. The van der Waals surface area contributed by atoms with E-state index in [0.717, 1.165) is 11.3 Å². The van der Waals surface area contributed by atoms with Gasteiger partial charge < -0.3 is 10.1 Å². The standard InChI is InChI=1S/C16H17NO3S/c1-11-4-3-5-13(10-11)20-9-8-17-16(19)15-7-6-14(21-15)12(2)18/h3-7,10H,8-9H2,1-2H3,(H,17,19). The van der Waals surface area contributed by atoms with E-state index in [-0.39, 0.29) is 11.7 Å².